The standard InChI is InChI=1S/C23H28FN9O7/c1-12(34)37-20-17(29-32-26)9-18(30-33-27)21(22(20)38-13(2)35)40-23-19(36-11-14-6-4-3-5-7-14)16(24)8-15(39-23)10-28-31-25/h3-7,15-23H,8-11H2,1-2H3/t15-,16-,17?,18?,19+,20-,21+,22+,23+/m0/s1. The summed E-state index contributed by atoms with van der Waals surface area (Å²) in [6.07, 6.45) is -9.68. The van der Waals surface area contributed by atoms with Gasteiger partial charge in [0.2, 0.25) is 0 Å². The van der Waals surface area contributed by atoms with Gasteiger partial charge in [0.15, 0.2) is 12.4 Å². The molecule has 2 aliphatic rings. The minimum Gasteiger partial charge on any atom is -0.458 e. The minimum atomic E-state index is -1.63. The number of carbonyl (C=O) groups excluding carboxylic acids is 2. The van der Waals surface area contributed by atoms with Crippen molar-refractivity contribution in [2.24, 2.45) is 15.3 Å². The van der Waals surface area contributed by atoms with Gasteiger partial charge in [0.05, 0.1) is 31.3 Å². The Morgan fingerprint density at radius 3 is 2.15 bits per heavy atom. The molecule has 1 heterocycles. The molecule has 17 heteroatoms. The van der Waals surface area contributed by atoms with Gasteiger partial charge in [0.25, 0.3) is 0 Å². The van der Waals surface area contributed by atoms with Crippen LogP contribution in [-0.4, -0.2) is 73.5 Å². The van der Waals surface area contributed by atoms with E-state index in [0.717, 1.165) is 19.4 Å². The number of hydrogen-bond donors (Lipinski definition) is 0. The third-order valence-corrected chi connectivity index (χ3v) is 6.26. The maximum absolute atomic E-state index is 15.5. The van der Waals surface area contributed by atoms with Crippen LogP contribution in [0.25, 0.3) is 31.3 Å². The number of benzene rings is 1. The van der Waals surface area contributed by atoms with Crippen molar-refractivity contribution in [3.8, 4) is 0 Å². The monoisotopic (exact) mass is 561 g/mol. The molecule has 0 bridgehead atoms. The highest BCUT2D eigenvalue weighted by Crippen LogP contribution is 2.36. The first kappa shape index (κ1) is 30.4. The second-order valence-electron chi connectivity index (χ2n) is 9.08. The van der Waals surface area contributed by atoms with E-state index in [0.29, 0.717) is 0 Å². The van der Waals surface area contributed by atoms with E-state index in [1.165, 1.54) is 0 Å². The lowest BCUT2D eigenvalue weighted by atomic mass is 9.84. The molecular weight excluding hydrogens is 533 g/mol. The molecule has 1 aromatic rings. The molecule has 3 rings (SSSR count). The molecule has 0 aromatic heterocycles. The van der Waals surface area contributed by atoms with Crippen molar-refractivity contribution in [2.75, 3.05) is 6.54 Å². The molecule has 9 atom stereocenters. The smallest absolute Gasteiger partial charge is 0.303 e. The Bertz CT molecular complexity index is 1170. The predicted molar refractivity (Wildman–Crippen MR) is 134 cm³/mol. The van der Waals surface area contributed by atoms with E-state index in [4.69, 9.17) is 34.7 Å². The molecule has 16 nitrogen and oxygen atoms in total. The SMILES string of the molecule is CC(=O)O[C@H]1[C@H](O[C@H]2O[C@H](CN=[N+]=[N-])C[C@H](F)[C@H]2OCc2ccccc2)C(N=[N+]=[N-])CC(N=[N+]=[N-])[C@@H]1OC(C)=O. The average Bonchev–Trinajstić information content (AvgIpc) is 2.91. The number of carbonyl (C=O) groups is 2. The second-order valence-corrected chi connectivity index (χ2v) is 9.08. The molecule has 2 fully saturated rings. The lowest BCUT2D eigenvalue weighted by molar-refractivity contribution is -0.301. The van der Waals surface area contributed by atoms with Crippen LogP contribution in [0.5, 0.6) is 0 Å². The van der Waals surface area contributed by atoms with Gasteiger partial charge in [-0.1, -0.05) is 45.7 Å². The summed E-state index contributed by atoms with van der Waals surface area (Å²) in [7, 11) is 0. The van der Waals surface area contributed by atoms with Gasteiger partial charge in [-0.25, -0.2) is 4.39 Å². The van der Waals surface area contributed by atoms with Crippen molar-refractivity contribution < 1.29 is 37.7 Å². The van der Waals surface area contributed by atoms with Crippen molar-refractivity contribution in [1.29, 1.82) is 0 Å². The summed E-state index contributed by atoms with van der Waals surface area (Å²) >= 11 is 0. The largest absolute Gasteiger partial charge is 0.458 e. The molecule has 214 valence electrons. The van der Waals surface area contributed by atoms with E-state index in [-0.39, 0.29) is 26.0 Å². The highest BCUT2D eigenvalue weighted by atomic mass is 19.1. The number of rotatable bonds is 11. The summed E-state index contributed by atoms with van der Waals surface area (Å²) in [6.45, 7) is 2.01. The number of esters is 2. The van der Waals surface area contributed by atoms with Gasteiger partial charge in [-0.15, -0.1) is 0 Å². The van der Waals surface area contributed by atoms with Crippen molar-refractivity contribution in [3.05, 3.63) is 67.2 Å². The Morgan fingerprint density at radius 2 is 1.55 bits per heavy atom. The highest BCUT2D eigenvalue weighted by Gasteiger charge is 2.52. The Kier molecular flexibility index (Phi) is 11.3. The van der Waals surface area contributed by atoms with Crippen LogP contribution in [0.1, 0.15) is 32.3 Å². The van der Waals surface area contributed by atoms with Crippen LogP contribution in [0.3, 0.4) is 0 Å². The van der Waals surface area contributed by atoms with Crippen LogP contribution >= 0.6 is 0 Å². The normalized spacial score (nSPS) is 31.4. The van der Waals surface area contributed by atoms with Crippen LogP contribution in [0, 0.1) is 0 Å². The lowest BCUT2D eigenvalue weighted by Gasteiger charge is -2.46. The topological polar surface area (TPSA) is 227 Å². The number of hydrogen-bond acceptors (Lipinski definition) is 10. The first-order valence-electron chi connectivity index (χ1n) is 12.3. The molecule has 1 aliphatic heterocycles. The van der Waals surface area contributed by atoms with Gasteiger partial charge >= 0.3 is 11.9 Å². The lowest BCUT2D eigenvalue weighted by Crippen LogP contribution is -2.61. The van der Waals surface area contributed by atoms with Crippen molar-refractivity contribution in [3.63, 3.8) is 0 Å². The van der Waals surface area contributed by atoms with Crippen molar-refractivity contribution >= 4 is 11.9 Å². The molecule has 0 radical (unpaired) electrons. The van der Waals surface area contributed by atoms with E-state index in [1.807, 2.05) is 6.07 Å². The van der Waals surface area contributed by atoms with Crippen LogP contribution < -0.4 is 0 Å². The summed E-state index contributed by atoms with van der Waals surface area (Å²) in [5.41, 5.74) is 27.8. The maximum Gasteiger partial charge on any atom is 0.303 e. The first-order chi connectivity index (χ1) is 19.3. The van der Waals surface area contributed by atoms with Crippen LogP contribution in [-0.2, 0) is 39.9 Å². The quantitative estimate of drug-likeness (QED) is 0.164. The molecule has 1 aliphatic carbocycles. The average molecular weight is 562 g/mol. The molecule has 2 unspecified atom stereocenters. The summed E-state index contributed by atoms with van der Waals surface area (Å²) in [5.74, 6) is -1.57. The van der Waals surface area contributed by atoms with E-state index in [2.05, 4.69) is 30.1 Å². The van der Waals surface area contributed by atoms with E-state index in [9.17, 15) is 15.1 Å². The molecule has 1 aromatic carbocycles. The molecule has 0 spiro atoms. The minimum absolute atomic E-state index is 0.00299. The number of nitrogens with zero attached hydrogens (tertiary/aromatic N) is 9. The van der Waals surface area contributed by atoms with Crippen molar-refractivity contribution in [2.45, 2.75) is 88.4 Å². The summed E-state index contributed by atoms with van der Waals surface area (Å²) < 4.78 is 44.2. The number of alkyl halides is 1. The number of azide groups is 3. The zero-order valence-electron chi connectivity index (χ0n) is 21.7. The van der Waals surface area contributed by atoms with Crippen molar-refractivity contribution in [1.82, 2.24) is 0 Å². The van der Waals surface area contributed by atoms with Gasteiger partial charge in [0, 0.05) is 35.0 Å². The maximum atomic E-state index is 15.5. The van der Waals surface area contributed by atoms with Gasteiger partial charge in [-0.3, -0.25) is 9.59 Å². The Labute approximate surface area is 227 Å². The fourth-order valence-corrected chi connectivity index (χ4v) is 4.67. The van der Waals surface area contributed by atoms with E-state index < -0.39 is 67.0 Å². The van der Waals surface area contributed by atoms with Gasteiger partial charge in [-0.05, 0) is 28.6 Å². The predicted octanol–water partition coefficient (Wildman–Crippen LogP) is 4.35. The Morgan fingerprint density at radius 1 is 0.925 bits per heavy atom. The molecule has 1 saturated heterocycles. The van der Waals surface area contributed by atoms with Crippen LogP contribution in [0.2, 0.25) is 0 Å². The summed E-state index contributed by atoms with van der Waals surface area (Å²) in [5, 5.41) is 10.8. The van der Waals surface area contributed by atoms with Gasteiger partial charge < -0.3 is 23.7 Å². The molecule has 0 N–H and O–H groups in total. The van der Waals surface area contributed by atoms with E-state index in [1.54, 1.807) is 24.3 Å². The molecule has 40 heavy (non-hydrogen) atoms. The summed E-state index contributed by atoms with van der Waals surface area (Å²) in [6, 6.07) is 6.76. The molecule has 1 saturated carbocycles. The highest BCUT2D eigenvalue weighted by molar-refractivity contribution is 5.67. The fourth-order valence-electron chi connectivity index (χ4n) is 4.67. The van der Waals surface area contributed by atoms with Gasteiger partial charge in [0.1, 0.15) is 24.5 Å². The van der Waals surface area contributed by atoms with Crippen LogP contribution in [0.15, 0.2) is 45.7 Å². The first-order valence-corrected chi connectivity index (χ1v) is 12.3. The van der Waals surface area contributed by atoms with E-state index >= 15 is 4.39 Å². The zero-order chi connectivity index (χ0) is 29.1. The summed E-state index contributed by atoms with van der Waals surface area (Å²) in [4.78, 5) is 32.2. The third kappa shape index (κ3) is 8.20. The Balaban J connectivity index is 1.98. The van der Waals surface area contributed by atoms with Gasteiger partial charge in [-0.2, -0.15) is 0 Å². The van der Waals surface area contributed by atoms with Crippen LogP contribution in [0.4, 0.5) is 4.39 Å². The zero-order valence-corrected chi connectivity index (χ0v) is 21.7. The molecular formula is C23H28FN9O7. The third-order valence-electron chi connectivity index (χ3n) is 6.26. The molecule has 0 amide bonds. The second kappa shape index (κ2) is 14.9. The Hall–Kier alpha value is -4.10. The fraction of sp³-hybridized carbons (Fsp3) is 0.652. The number of ether oxygens (including phenoxy) is 5. The number of halogens is 1.